The highest BCUT2D eigenvalue weighted by Gasteiger charge is 2.20. The van der Waals surface area contributed by atoms with E-state index < -0.39 is 0 Å². The molecule has 0 atom stereocenters. The van der Waals surface area contributed by atoms with Gasteiger partial charge in [0.15, 0.2) is 5.96 Å². The Labute approximate surface area is 137 Å². The molecule has 0 bridgehead atoms. The van der Waals surface area contributed by atoms with E-state index in [1.165, 1.54) is 16.0 Å². The lowest BCUT2D eigenvalue weighted by Gasteiger charge is -2.23. The van der Waals surface area contributed by atoms with Crippen molar-refractivity contribution in [2.24, 2.45) is 10.7 Å². The average molecular weight is 315 g/mol. The van der Waals surface area contributed by atoms with Crippen LogP contribution in [0.15, 0.2) is 46.8 Å². The maximum atomic E-state index is 5.97. The molecule has 0 aliphatic heterocycles. The van der Waals surface area contributed by atoms with Crippen molar-refractivity contribution in [2.75, 3.05) is 13.1 Å². The summed E-state index contributed by atoms with van der Waals surface area (Å²) in [5.74, 6) is 0.525. The van der Waals surface area contributed by atoms with Gasteiger partial charge >= 0.3 is 0 Å². The van der Waals surface area contributed by atoms with Gasteiger partial charge in [-0.1, -0.05) is 49.7 Å². The predicted octanol–water partition coefficient (Wildman–Crippen LogP) is 3.48. The number of nitrogens with two attached hydrogens (primary N) is 1. The molecule has 0 aliphatic rings. The molecule has 0 aliphatic carbocycles. The Morgan fingerprint density at radius 2 is 2.09 bits per heavy atom. The summed E-state index contributed by atoms with van der Waals surface area (Å²) < 4.78 is 0. The number of guanidine groups is 1. The van der Waals surface area contributed by atoms with E-state index in [-0.39, 0.29) is 5.41 Å². The molecule has 2 rings (SSSR count). The number of aryl methyl sites for hydroxylation is 1. The van der Waals surface area contributed by atoms with E-state index in [2.05, 4.69) is 72.9 Å². The largest absolute Gasteiger partial charge is 0.370 e. The van der Waals surface area contributed by atoms with E-state index in [1.54, 1.807) is 11.3 Å². The second-order valence-corrected chi connectivity index (χ2v) is 7.24. The van der Waals surface area contributed by atoms with Gasteiger partial charge in [-0.05, 0) is 30.4 Å². The monoisotopic (exact) mass is 315 g/mol. The molecule has 2 aromatic rings. The highest BCUT2D eigenvalue weighted by atomic mass is 32.1. The van der Waals surface area contributed by atoms with Gasteiger partial charge in [-0.15, -0.1) is 11.3 Å². The Bertz CT molecular complexity index is 615. The molecule has 1 heterocycles. The van der Waals surface area contributed by atoms with Gasteiger partial charge in [0.05, 0.1) is 6.54 Å². The summed E-state index contributed by atoms with van der Waals surface area (Å²) in [7, 11) is 0. The molecule has 22 heavy (non-hydrogen) atoms. The Morgan fingerprint density at radius 3 is 2.77 bits per heavy atom. The smallest absolute Gasteiger partial charge is 0.188 e. The highest BCUT2D eigenvalue weighted by Crippen LogP contribution is 2.24. The minimum absolute atomic E-state index is 0.0218. The van der Waals surface area contributed by atoms with E-state index in [0.717, 1.165) is 13.0 Å². The summed E-state index contributed by atoms with van der Waals surface area (Å²) >= 11 is 1.77. The molecule has 118 valence electrons. The first-order valence-corrected chi connectivity index (χ1v) is 8.49. The number of nitrogens with one attached hydrogen (secondary N) is 1. The van der Waals surface area contributed by atoms with Gasteiger partial charge < -0.3 is 11.1 Å². The maximum absolute atomic E-state index is 5.97. The van der Waals surface area contributed by atoms with E-state index in [4.69, 9.17) is 5.73 Å². The fourth-order valence-corrected chi connectivity index (χ4v) is 2.97. The molecule has 4 heteroatoms. The second kappa shape index (κ2) is 7.45. The van der Waals surface area contributed by atoms with Crippen LogP contribution in [0, 0.1) is 6.92 Å². The van der Waals surface area contributed by atoms with Crippen molar-refractivity contribution in [3.8, 4) is 0 Å². The van der Waals surface area contributed by atoms with Crippen molar-refractivity contribution < 1.29 is 0 Å². The van der Waals surface area contributed by atoms with Crippen LogP contribution in [-0.2, 0) is 11.8 Å². The van der Waals surface area contributed by atoms with Crippen LogP contribution < -0.4 is 11.1 Å². The zero-order chi connectivity index (χ0) is 16.0. The van der Waals surface area contributed by atoms with Crippen LogP contribution in [0.3, 0.4) is 0 Å². The number of rotatable bonds is 6. The van der Waals surface area contributed by atoms with Gasteiger partial charge in [-0.25, -0.2) is 0 Å². The average Bonchev–Trinajstić information content (AvgIpc) is 2.99. The minimum Gasteiger partial charge on any atom is -0.370 e. The van der Waals surface area contributed by atoms with Crippen molar-refractivity contribution >= 4 is 17.3 Å². The third-order valence-corrected chi connectivity index (χ3v) is 4.64. The normalized spacial score (nSPS) is 12.4. The molecule has 0 radical (unpaired) electrons. The van der Waals surface area contributed by atoms with Crippen LogP contribution in [0.4, 0.5) is 0 Å². The summed E-state index contributed by atoms with van der Waals surface area (Å²) in [4.78, 5) is 5.87. The summed E-state index contributed by atoms with van der Waals surface area (Å²) in [6, 6.07) is 12.8. The van der Waals surface area contributed by atoms with E-state index in [0.29, 0.717) is 12.5 Å². The number of thiophene rings is 1. The number of nitrogens with zero attached hydrogens (tertiary/aromatic N) is 1. The summed E-state index contributed by atoms with van der Waals surface area (Å²) in [5.41, 5.74) is 8.52. The van der Waals surface area contributed by atoms with Gasteiger partial charge in [-0.3, -0.25) is 4.99 Å². The van der Waals surface area contributed by atoms with Crippen molar-refractivity contribution in [2.45, 2.75) is 32.6 Å². The van der Waals surface area contributed by atoms with Gasteiger partial charge in [0.2, 0.25) is 0 Å². The summed E-state index contributed by atoms with van der Waals surface area (Å²) in [6.45, 7) is 8.01. The molecule has 0 unspecified atom stereocenters. The standard InChI is InChI=1S/C18H25N3S/c1-14-6-4-7-15(12-14)18(2,3)13-21-17(19)20-10-9-16-8-5-11-22-16/h4-8,11-12H,9-10,13H2,1-3H3,(H3,19,20,21). The van der Waals surface area contributed by atoms with E-state index >= 15 is 0 Å². The van der Waals surface area contributed by atoms with Crippen LogP contribution in [0.1, 0.15) is 29.9 Å². The molecule has 0 amide bonds. The van der Waals surface area contributed by atoms with Gasteiger partial charge in [0, 0.05) is 16.8 Å². The molecular weight excluding hydrogens is 290 g/mol. The molecule has 0 fully saturated rings. The summed E-state index contributed by atoms with van der Waals surface area (Å²) in [6.07, 6.45) is 0.981. The fourth-order valence-electron chi connectivity index (χ4n) is 2.26. The van der Waals surface area contributed by atoms with E-state index in [1.807, 2.05) is 0 Å². The molecule has 0 spiro atoms. The highest BCUT2D eigenvalue weighted by molar-refractivity contribution is 7.09. The molecule has 3 nitrogen and oxygen atoms in total. The lowest BCUT2D eigenvalue weighted by Crippen LogP contribution is -2.35. The first-order valence-electron chi connectivity index (χ1n) is 7.61. The Balaban J connectivity index is 1.86. The number of benzene rings is 1. The Kier molecular flexibility index (Phi) is 5.61. The number of hydrogen-bond acceptors (Lipinski definition) is 2. The topological polar surface area (TPSA) is 50.4 Å². The lowest BCUT2D eigenvalue weighted by atomic mass is 9.84. The zero-order valence-electron chi connectivity index (χ0n) is 13.6. The lowest BCUT2D eigenvalue weighted by molar-refractivity contribution is 0.538. The Hall–Kier alpha value is -1.81. The van der Waals surface area contributed by atoms with Crippen molar-refractivity contribution in [3.05, 3.63) is 57.8 Å². The third-order valence-electron chi connectivity index (χ3n) is 3.70. The molecule has 1 aromatic carbocycles. The first-order chi connectivity index (χ1) is 10.5. The van der Waals surface area contributed by atoms with Gasteiger partial charge in [0.25, 0.3) is 0 Å². The van der Waals surface area contributed by atoms with Crippen LogP contribution in [0.5, 0.6) is 0 Å². The van der Waals surface area contributed by atoms with Crippen LogP contribution in [0.2, 0.25) is 0 Å². The van der Waals surface area contributed by atoms with Gasteiger partial charge in [-0.2, -0.15) is 0 Å². The third kappa shape index (κ3) is 4.88. The fraction of sp³-hybridized carbons (Fsp3) is 0.389. The van der Waals surface area contributed by atoms with Crippen LogP contribution >= 0.6 is 11.3 Å². The molecule has 0 saturated carbocycles. The summed E-state index contributed by atoms with van der Waals surface area (Å²) in [5, 5.41) is 5.29. The zero-order valence-corrected chi connectivity index (χ0v) is 14.4. The predicted molar refractivity (Wildman–Crippen MR) is 96.7 cm³/mol. The molecule has 3 N–H and O–H groups in total. The second-order valence-electron chi connectivity index (χ2n) is 6.21. The number of aliphatic imine (C=N–C) groups is 1. The van der Waals surface area contributed by atoms with Crippen molar-refractivity contribution in [1.29, 1.82) is 0 Å². The van der Waals surface area contributed by atoms with Crippen LogP contribution in [0.25, 0.3) is 0 Å². The Morgan fingerprint density at radius 1 is 1.27 bits per heavy atom. The minimum atomic E-state index is -0.0218. The van der Waals surface area contributed by atoms with E-state index in [9.17, 15) is 0 Å². The van der Waals surface area contributed by atoms with Crippen LogP contribution in [-0.4, -0.2) is 19.0 Å². The molecular formula is C18H25N3S. The molecule has 1 aromatic heterocycles. The van der Waals surface area contributed by atoms with Crippen molar-refractivity contribution in [3.63, 3.8) is 0 Å². The maximum Gasteiger partial charge on any atom is 0.188 e. The van der Waals surface area contributed by atoms with Crippen molar-refractivity contribution in [1.82, 2.24) is 5.32 Å². The molecule has 0 saturated heterocycles. The SMILES string of the molecule is Cc1cccc(C(C)(C)CN=C(N)NCCc2cccs2)c1. The van der Waals surface area contributed by atoms with Gasteiger partial charge in [0.1, 0.15) is 0 Å². The number of hydrogen-bond donors (Lipinski definition) is 2. The quantitative estimate of drug-likeness (QED) is 0.633. The first kappa shape index (κ1) is 16.6.